The minimum absolute atomic E-state index is 0.162. The monoisotopic (exact) mass is 298 g/mol. The molecule has 1 atom stereocenters. The minimum Gasteiger partial charge on any atom is -0.383 e. The van der Waals surface area contributed by atoms with Crippen LogP contribution in [0.25, 0.3) is 11.5 Å². The zero-order valence-corrected chi connectivity index (χ0v) is 10.5. The number of hydrogen-bond acceptors (Lipinski definition) is 6. The van der Waals surface area contributed by atoms with Crippen molar-refractivity contribution in [1.29, 1.82) is 0 Å². The third-order valence-corrected chi connectivity index (χ3v) is 2.59. The lowest BCUT2D eigenvalue weighted by molar-refractivity contribution is 0.127. The van der Waals surface area contributed by atoms with Crippen LogP contribution in [0.1, 0.15) is 18.4 Å². The Kier molecular flexibility index (Phi) is 3.82. The summed E-state index contributed by atoms with van der Waals surface area (Å²) < 4.78 is 5.81. The first-order chi connectivity index (χ1) is 8.20. The first-order valence-electron chi connectivity index (χ1n) is 5.04. The van der Waals surface area contributed by atoms with Gasteiger partial charge in [-0.15, -0.1) is 0 Å². The molecule has 0 amide bonds. The smallest absolute Gasteiger partial charge is 0.255 e. The molecule has 2 heterocycles. The van der Waals surface area contributed by atoms with Crippen molar-refractivity contribution in [3.05, 3.63) is 28.7 Å². The van der Waals surface area contributed by atoms with Gasteiger partial charge in [-0.05, 0) is 41.0 Å². The SMILES string of the molecule is NCC[C@H](O)c1nc(-c2ccc(Br)cn2)no1. The number of nitrogens with zero attached hydrogens (tertiary/aromatic N) is 3. The molecule has 17 heavy (non-hydrogen) atoms. The summed E-state index contributed by atoms with van der Waals surface area (Å²) in [5.41, 5.74) is 5.92. The van der Waals surface area contributed by atoms with E-state index in [0.29, 0.717) is 24.5 Å². The molecule has 0 spiro atoms. The summed E-state index contributed by atoms with van der Waals surface area (Å²) in [6.45, 7) is 0.357. The molecular weight excluding hydrogens is 288 g/mol. The van der Waals surface area contributed by atoms with E-state index in [1.165, 1.54) is 0 Å². The van der Waals surface area contributed by atoms with Crippen LogP contribution in [-0.4, -0.2) is 26.8 Å². The number of aromatic nitrogens is 3. The van der Waals surface area contributed by atoms with Gasteiger partial charge in [-0.25, -0.2) is 0 Å². The lowest BCUT2D eigenvalue weighted by atomic mass is 10.2. The molecule has 0 unspecified atom stereocenters. The Morgan fingerprint density at radius 2 is 2.29 bits per heavy atom. The summed E-state index contributed by atoms with van der Waals surface area (Å²) in [6, 6.07) is 3.59. The van der Waals surface area contributed by atoms with E-state index in [2.05, 4.69) is 31.1 Å². The fourth-order valence-corrected chi connectivity index (χ4v) is 1.50. The first-order valence-corrected chi connectivity index (χ1v) is 5.83. The standard InChI is InChI=1S/C10H11BrN4O2/c11-6-1-2-7(13-5-6)9-14-10(17-15-9)8(16)3-4-12/h1-2,5,8,16H,3-4,12H2/t8-/m0/s1. The van der Waals surface area contributed by atoms with Crippen molar-refractivity contribution < 1.29 is 9.63 Å². The van der Waals surface area contributed by atoms with Crippen LogP contribution in [0.5, 0.6) is 0 Å². The minimum atomic E-state index is -0.823. The molecule has 0 aliphatic heterocycles. The van der Waals surface area contributed by atoms with Crippen LogP contribution in [0.15, 0.2) is 27.3 Å². The van der Waals surface area contributed by atoms with Crippen LogP contribution in [0.2, 0.25) is 0 Å². The number of pyridine rings is 1. The molecule has 0 bridgehead atoms. The first kappa shape index (κ1) is 12.2. The highest BCUT2D eigenvalue weighted by Gasteiger charge is 2.16. The van der Waals surface area contributed by atoms with Crippen molar-refractivity contribution in [3.63, 3.8) is 0 Å². The largest absolute Gasteiger partial charge is 0.383 e. The Morgan fingerprint density at radius 1 is 1.47 bits per heavy atom. The predicted octanol–water partition coefficient (Wildman–Crippen LogP) is 1.28. The third kappa shape index (κ3) is 2.87. The van der Waals surface area contributed by atoms with Gasteiger partial charge in [0.25, 0.3) is 5.89 Å². The Bertz CT molecular complexity index is 485. The van der Waals surface area contributed by atoms with E-state index >= 15 is 0 Å². The third-order valence-electron chi connectivity index (χ3n) is 2.12. The fraction of sp³-hybridized carbons (Fsp3) is 0.300. The molecule has 0 radical (unpaired) electrons. The van der Waals surface area contributed by atoms with E-state index in [1.807, 2.05) is 6.07 Å². The summed E-state index contributed by atoms with van der Waals surface area (Å²) in [6.07, 6.45) is 1.20. The number of hydrogen-bond donors (Lipinski definition) is 2. The maximum Gasteiger partial charge on any atom is 0.255 e. The highest BCUT2D eigenvalue weighted by atomic mass is 79.9. The molecular formula is C10H11BrN4O2. The Labute approximate surface area is 106 Å². The molecule has 2 rings (SSSR count). The van der Waals surface area contributed by atoms with Gasteiger partial charge in [0.1, 0.15) is 11.8 Å². The van der Waals surface area contributed by atoms with Crippen molar-refractivity contribution in [2.24, 2.45) is 5.73 Å². The zero-order valence-electron chi connectivity index (χ0n) is 8.88. The molecule has 0 aliphatic rings. The van der Waals surface area contributed by atoms with Crippen LogP contribution in [0.3, 0.4) is 0 Å². The Hall–Kier alpha value is -1.31. The van der Waals surface area contributed by atoms with Crippen molar-refractivity contribution in [3.8, 4) is 11.5 Å². The van der Waals surface area contributed by atoms with Crippen LogP contribution in [0.4, 0.5) is 0 Å². The molecule has 0 fully saturated rings. The topological polar surface area (TPSA) is 98.1 Å². The zero-order chi connectivity index (χ0) is 12.3. The number of halogens is 1. The maximum atomic E-state index is 9.62. The molecule has 0 saturated heterocycles. The molecule has 0 aromatic carbocycles. The van der Waals surface area contributed by atoms with Crippen molar-refractivity contribution in [1.82, 2.24) is 15.1 Å². The van der Waals surface area contributed by atoms with Gasteiger partial charge in [0.05, 0.1) is 0 Å². The van der Waals surface area contributed by atoms with Crippen LogP contribution < -0.4 is 5.73 Å². The van der Waals surface area contributed by atoms with E-state index < -0.39 is 6.10 Å². The molecule has 2 aromatic rings. The molecule has 6 nitrogen and oxygen atoms in total. The van der Waals surface area contributed by atoms with Crippen molar-refractivity contribution in [2.75, 3.05) is 6.54 Å². The normalized spacial score (nSPS) is 12.6. The Balaban J connectivity index is 2.20. The molecule has 0 aliphatic carbocycles. The van der Waals surface area contributed by atoms with Gasteiger partial charge < -0.3 is 15.4 Å². The van der Waals surface area contributed by atoms with Crippen molar-refractivity contribution >= 4 is 15.9 Å². The lowest BCUT2D eigenvalue weighted by Gasteiger charge is -2.00. The average Bonchev–Trinajstić information content (AvgIpc) is 2.80. The predicted molar refractivity (Wildman–Crippen MR) is 63.9 cm³/mol. The molecule has 0 saturated carbocycles. The maximum absolute atomic E-state index is 9.62. The highest BCUT2D eigenvalue weighted by Crippen LogP contribution is 2.19. The van der Waals surface area contributed by atoms with Crippen LogP contribution in [0, 0.1) is 0 Å². The van der Waals surface area contributed by atoms with E-state index in [9.17, 15) is 5.11 Å². The molecule has 2 aromatic heterocycles. The van der Waals surface area contributed by atoms with Gasteiger partial charge >= 0.3 is 0 Å². The van der Waals surface area contributed by atoms with Gasteiger partial charge in [0, 0.05) is 10.7 Å². The highest BCUT2D eigenvalue weighted by molar-refractivity contribution is 9.10. The second kappa shape index (κ2) is 5.35. The molecule has 3 N–H and O–H groups in total. The van der Waals surface area contributed by atoms with Crippen LogP contribution in [-0.2, 0) is 0 Å². The molecule has 90 valence electrons. The Morgan fingerprint density at radius 3 is 2.94 bits per heavy atom. The summed E-state index contributed by atoms with van der Waals surface area (Å²) in [7, 11) is 0. The summed E-state index contributed by atoms with van der Waals surface area (Å²) >= 11 is 3.29. The van der Waals surface area contributed by atoms with E-state index in [1.54, 1.807) is 12.3 Å². The van der Waals surface area contributed by atoms with Crippen LogP contribution >= 0.6 is 15.9 Å². The van der Waals surface area contributed by atoms with E-state index in [4.69, 9.17) is 10.3 Å². The number of nitrogens with two attached hydrogens (primary N) is 1. The second-order valence-electron chi connectivity index (χ2n) is 3.41. The molecule has 7 heteroatoms. The lowest BCUT2D eigenvalue weighted by Crippen LogP contribution is -2.06. The van der Waals surface area contributed by atoms with Gasteiger partial charge in [-0.2, -0.15) is 4.98 Å². The second-order valence-corrected chi connectivity index (χ2v) is 4.33. The van der Waals surface area contributed by atoms with Gasteiger partial charge in [-0.1, -0.05) is 5.16 Å². The van der Waals surface area contributed by atoms with Gasteiger partial charge in [-0.3, -0.25) is 4.98 Å². The number of aliphatic hydroxyl groups excluding tert-OH is 1. The van der Waals surface area contributed by atoms with E-state index in [0.717, 1.165) is 4.47 Å². The van der Waals surface area contributed by atoms with Gasteiger partial charge in [0.2, 0.25) is 5.82 Å². The van der Waals surface area contributed by atoms with E-state index in [-0.39, 0.29) is 5.89 Å². The summed E-state index contributed by atoms with van der Waals surface area (Å²) in [5, 5.41) is 13.4. The quantitative estimate of drug-likeness (QED) is 0.882. The fourth-order valence-electron chi connectivity index (χ4n) is 1.26. The summed E-state index contributed by atoms with van der Waals surface area (Å²) in [4.78, 5) is 8.20. The average molecular weight is 299 g/mol. The summed E-state index contributed by atoms with van der Waals surface area (Å²) in [5.74, 6) is 0.513. The number of rotatable bonds is 4. The van der Waals surface area contributed by atoms with Crippen molar-refractivity contribution in [2.45, 2.75) is 12.5 Å². The number of aliphatic hydroxyl groups is 1. The van der Waals surface area contributed by atoms with Gasteiger partial charge in [0.15, 0.2) is 0 Å².